The Labute approximate surface area is 136 Å². The van der Waals surface area contributed by atoms with Gasteiger partial charge in [-0.05, 0) is 56.1 Å². The summed E-state index contributed by atoms with van der Waals surface area (Å²) in [6, 6.07) is 7.87. The molecule has 2 bridgehead atoms. The number of benzene rings is 1. The van der Waals surface area contributed by atoms with Gasteiger partial charge in [-0.25, -0.2) is 4.98 Å². The van der Waals surface area contributed by atoms with Gasteiger partial charge < -0.3 is 14.2 Å². The van der Waals surface area contributed by atoms with E-state index in [0.29, 0.717) is 17.8 Å². The lowest BCUT2D eigenvalue weighted by atomic mass is 9.69. The molecule has 0 amide bonds. The third kappa shape index (κ3) is 2.71. The average molecular weight is 313 g/mol. The first kappa shape index (κ1) is 14.6. The molecule has 1 atom stereocenters. The average Bonchev–Trinajstić information content (AvgIpc) is 2.61. The van der Waals surface area contributed by atoms with E-state index >= 15 is 0 Å². The highest BCUT2D eigenvalue weighted by molar-refractivity contribution is 5.83. The Morgan fingerprint density at radius 1 is 0.957 bits per heavy atom. The van der Waals surface area contributed by atoms with Crippen molar-refractivity contribution < 1.29 is 14.2 Å². The highest BCUT2D eigenvalue weighted by atomic mass is 16.5. The van der Waals surface area contributed by atoms with Crippen LogP contribution in [0.25, 0.3) is 10.9 Å². The number of hydrogen-bond acceptors (Lipinski definition) is 4. The second-order valence-corrected chi connectivity index (χ2v) is 6.72. The third-order valence-electron chi connectivity index (χ3n) is 5.42. The molecular weight excluding hydrogens is 290 g/mol. The van der Waals surface area contributed by atoms with Crippen LogP contribution in [0.4, 0.5) is 0 Å². The summed E-state index contributed by atoms with van der Waals surface area (Å²) in [7, 11) is 3.29. The predicted molar refractivity (Wildman–Crippen MR) is 89.3 cm³/mol. The maximum atomic E-state index is 6.24. The summed E-state index contributed by atoms with van der Waals surface area (Å²) in [5.74, 6) is 3.71. The van der Waals surface area contributed by atoms with E-state index < -0.39 is 0 Å². The molecule has 3 fully saturated rings. The van der Waals surface area contributed by atoms with Crippen LogP contribution in [0.2, 0.25) is 0 Å². The molecule has 4 nitrogen and oxygen atoms in total. The van der Waals surface area contributed by atoms with Crippen molar-refractivity contribution in [3.8, 4) is 17.4 Å². The molecule has 2 aromatic rings. The summed E-state index contributed by atoms with van der Waals surface area (Å²) >= 11 is 0. The van der Waals surface area contributed by atoms with Crippen molar-refractivity contribution >= 4 is 10.9 Å². The van der Waals surface area contributed by atoms with Crippen molar-refractivity contribution in [1.29, 1.82) is 0 Å². The number of ether oxygens (including phenoxy) is 3. The fourth-order valence-electron chi connectivity index (χ4n) is 4.11. The maximum Gasteiger partial charge on any atom is 0.214 e. The molecule has 5 rings (SSSR count). The van der Waals surface area contributed by atoms with Crippen molar-refractivity contribution in [3.63, 3.8) is 0 Å². The summed E-state index contributed by atoms with van der Waals surface area (Å²) in [5.41, 5.74) is 0.876. The molecule has 1 aromatic heterocycles. The zero-order valence-electron chi connectivity index (χ0n) is 13.7. The lowest BCUT2D eigenvalue weighted by Crippen LogP contribution is -2.39. The predicted octanol–water partition coefficient (Wildman–Crippen LogP) is 4.21. The Bertz CT molecular complexity index is 707. The van der Waals surface area contributed by atoms with Crippen molar-refractivity contribution in [2.24, 2.45) is 11.8 Å². The summed E-state index contributed by atoms with van der Waals surface area (Å²) in [6.45, 7) is 0. The number of fused-ring (bicyclic) bond motifs is 4. The summed E-state index contributed by atoms with van der Waals surface area (Å²) < 4.78 is 17.0. The van der Waals surface area contributed by atoms with Gasteiger partial charge in [0.05, 0.1) is 19.7 Å². The van der Waals surface area contributed by atoms with Gasteiger partial charge in [0.25, 0.3) is 0 Å². The molecule has 0 N–H and O–H groups in total. The minimum atomic E-state index is 0.340. The number of aromatic nitrogens is 1. The molecule has 0 aliphatic heterocycles. The lowest BCUT2D eigenvalue weighted by Gasteiger charge is -2.41. The standard InChI is InChI=1S/C19H23NO3/c1-21-17-10-14-7-8-19(20-15(14)11-18(17)22-2)23-16-9-12-3-5-13(16)6-4-12/h7-8,10-13,16H,3-6,9H2,1-2H3. The topological polar surface area (TPSA) is 40.6 Å². The fraction of sp³-hybridized carbons (Fsp3) is 0.526. The first-order valence-electron chi connectivity index (χ1n) is 8.46. The number of methoxy groups -OCH3 is 2. The Balaban J connectivity index is 1.61. The number of rotatable bonds is 4. The van der Waals surface area contributed by atoms with Crippen molar-refractivity contribution in [1.82, 2.24) is 4.98 Å². The molecule has 4 heteroatoms. The zero-order chi connectivity index (χ0) is 15.8. The van der Waals surface area contributed by atoms with Crippen LogP contribution in [0.3, 0.4) is 0 Å². The Morgan fingerprint density at radius 3 is 2.35 bits per heavy atom. The Hall–Kier alpha value is -1.97. The number of pyridine rings is 1. The molecule has 1 unspecified atom stereocenters. The highest BCUT2D eigenvalue weighted by Crippen LogP contribution is 2.43. The van der Waals surface area contributed by atoms with E-state index in [-0.39, 0.29) is 0 Å². The Morgan fingerprint density at radius 2 is 1.70 bits per heavy atom. The highest BCUT2D eigenvalue weighted by Gasteiger charge is 2.37. The van der Waals surface area contributed by atoms with Crippen LogP contribution >= 0.6 is 0 Å². The second kappa shape index (κ2) is 5.91. The Kier molecular flexibility index (Phi) is 3.76. The molecule has 3 aliphatic rings. The molecule has 0 radical (unpaired) electrons. The van der Waals surface area contributed by atoms with E-state index in [9.17, 15) is 0 Å². The minimum absolute atomic E-state index is 0.340. The smallest absolute Gasteiger partial charge is 0.214 e. The SMILES string of the molecule is COc1cc2ccc(OC3CC4CCC3CC4)nc2cc1OC. The maximum absolute atomic E-state index is 6.24. The third-order valence-corrected chi connectivity index (χ3v) is 5.42. The van der Waals surface area contributed by atoms with Crippen LogP contribution in [0.1, 0.15) is 32.1 Å². The monoisotopic (exact) mass is 313 g/mol. The molecule has 0 spiro atoms. The zero-order valence-corrected chi connectivity index (χ0v) is 13.7. The van der Waals surface area contributed by atoms with E-state index in [1.807, 2.05) is 24.3 Å². The largest absolute Gasteiger partial charge is 0.493 e. The molecule has 1 aromatic carbocycles. The van der Waals surface area contributed by atoms with Gasteiger partial charge in [-0.1, -0.05) is 0 Å². The summed E-state index contributed by atoms with van der Waals surface area (Å²) in [5, 5.41) is 1.03. The van der Waals surface area contributed by atoms with Gasteiger partial charge in [-0.3, -0.25) is 0 Å². The quantitative estimate of drug-likeness (QED) is 0.848. The van der Waals surface area contributed by atoms with Crippen molar-refractivity contribution in [2.45, 2.75) is 38.2 Å². The van der Waals surface area contributed by atoms with Crippen LogP contribution in [0.5, 0.6) is 17.4 Å². The first-order valence-corrected chi connectivity index (χ1v) is 8.46. The molecule has 3 aliphatic carbocycles. The van der Waals surface area contributed by atoms with E-state index in [1.165, 1.54) is 32.1 Å². The van der Waals surface area contributed by atoms with Crippen molar-refractivity contribution in [3.05, 3.63) is 24.3 Å². The second-order valence-electron chi connectivity index (χ2n) is 6.72. The summed E-state index contributed by atoms with van der Waals surface area (Å²) in [6.07, 6.45) is 6.92. The van der Waals surface area contributed by atoms with Gasteiger partial charge in [0, 0.05) is 17.5 Å². The van der Waals surface area contributed by atoms with Gasteiger partial charge >= 0.3 is 0 Å². The van der Waals surface area contributed by atoms with E-state index in [2.05, 4.69) is 4.98 Å². The molecular formula is C19H23NO3. The molecule has 1 heterocycles. The van der Waals surface area contributed by atoms with Gasteiger partial charge in [0.15, 0.2) is 11.5 Å². The van der Waals surface area contributed by atoms with Gasteiger partial charge in [0.2, 0.25) is 5.88 Å². The fourth-order valence-corrected chi connectivity index (χ4v) is 4.11. The van der Waals surface area contributed by atoms with E-state index in [4.69, 9.17) is 14.2 Å². The molecule has 122 valence electrons. The summed E-state index contributed by atoms with van der Waals surface area (Å²) in [4.78, 5) is 4.68. The minimum Gasteiger partial charge on any atom is -0.493 e. The number of hydrogen-bond donors (Lipinski definition) is 0. The van der Waals surface area contributed by atoms with Crippen LogP contribution < -0.4 is 14.2 Å². The normalized spacial score (nSPS) is 26.3. The van der Waals surface area contributed by atoms with E-state index in [0.717, 1.165) is 28.5 Å². The van der Waals surface area contributed by atoms with Crippen molar-refractivity contribution in [2.75, 3.05) is 14.2 Å². The van der Waals surface area contributed by atoms with E-state index in [1.54, 1.807) is 14.2 Å². The van der Waals surface area contributed by atoms with Crippen LogP contribution in [-0.2, 0) is 0 Å². The molecule has 23 heavy (non-hydrogen) atoms. The van der Waals surface area contributed by atoms with Gasteiger partial charge in [-0.2, -0.15) is 0 Å². The molecule has 0 saturated heterocycles. The van der Waals surface area contributed by atoms with Gasteiger partial charge in [-0.15, -0.1) is 0 Å². The van der Waals surface area contributed by atoms with Crippen LogP contribution in [0.15, 0.2) is 24.3 Å². The first-order chi connectivity index (χ1) is 11.3. The number of nitrogens with zero attached hydrogens (tertiary/aromatic N) is 1. The van der Waals surface area contributed by atoms with Crippen LogP contribution in [0, 0.1) is 11.8 Å². The van der Waals surface area contributed by atoms with Gasteiger partial charge in [0.1, 0.15) is 6.10 Å². The molecule has 3 saturated carbocycles. The lowest BCUT2D eigenvalue weighted by molar-refractivity contribution is 0.0175. The van der Waals surface area contributed by atoms with Crippen LogP contribution in [-0.4, -0.2) is 25.3 Å².